The van der Waals surface area contributed by atoms with Crippen LogP contribution >= 0.6 is 0 Å². The first-order chi connectivity index (χ1) is 11.5. The van der Waals surface area contributed by atoms with Crippen molar-refractivity contribution < 1.29 is 9.53 Å². The van der Waals surface area contributed by atoms with Gasteiger partial charge in [0.25, 0.3) is 0 Å². The summed E-state index contributed by atoms with van der Waals surface area (Å²) < 4.78 is 7.70. The van der Waals surface area contributed by atoms with Gasteiger partial charge in [0.1, 0.15) is 11.3 Å². The van der Waals surface area contributed by atoms with Crippen molar-refractivity contribution in [3.05, 3.63) is 71.4 Å². The van der Waals surface area contributed by atoms with Crippen molar-refractivity contribution in [3.63, 3.8) is 0 Å². The minimum Gasteiger partial charge on any atom is -0.450 e. The number of para-hydroxylation sites is 1. The molecular formula is C21H19NO2. The van der Waals surface area contributed by atoms with Crippen LogP contribution in [0.4, 0.5) is 0 Å². The Morgan fingerprint density at radius 3 is 2.42 bits per heavy atom. The molecule has 2 heterocycles. The lowest BCUT2D eigenvalue weighted by Crippen LogP contribution is -2.35. The van der Waals surface area contributed by atoms with Crippen LogP contribution in [0.3, 0.4) is 0 Å². The fraction of sp³-hybridized carbons (Fsp3) is 0.190. The third-order valence-electron chi connectivity index (χ3n) is 4.68. The summed E-state index contributed by atoms with van der Waals surface area (Å²) in [5.41, 5.74) is 4.09. The van der Waals surface area contributed by atoms with E-state index in [0.29, 0.717) is 5.69 Å². The molecule has 4 rings (SSSR count). The molecule has 3 aromatic rings. The molecule has 0 radical (unpaired) electrons. The molecule has 0 aliphatic carbocycles. The first kappa shape index (κ1) is 14.8. The molecule has 0 unspecified atom stereocenters. The van der Waals surface area contributed by atoms with Gasteiger partial charge in [0, 0.05) is 29.1 Å². The van der Waals surface area contributed by atoms with Crippen molar-refractivity contribution in [2.24, 2.45) is 7.05 Å². The summed E-state index contributed by atoms with van der Waals surface area (Å²) in [5, 5.41) is 1.09. The van der Waals surface area contributed by atoms with E-state index in [9.17, 15) is 4.79 Å². The van der Waals surface area contributed by atoms with Crippen LogP contribution in [0.2, 0.25) is 0 Å². The number of esters is 1. The number of nitrogens with zero attached hydrogens (tertiary/aromatic N) is 1. The molecule has 0 atom stereocenters. The van der Waals surface area contributed by atoms with Gasteiger partial charge in [0.15, 0.2) is 0 Å². The van der Waals surface area contributed by atoms with Gasteiger partial charge in [-0.25, -0.2) is 4.79 Å². The van der Waals surface area contributed by atoms with E-state index in [4.69, 9.17) is 4.74 Å². The predicted molar refractivity (Wildman–Crippen MR) is 96.7 cm³/mol. The van der Waals surface area contributed by atoms with Crippen molar-refractivity contribution in [1.82, 2.24) is 4.57 Å². The highest BCUT2D eigenvalue weighted by atomic mass is 16.6. The second-order valence-corrected chi connectivity index (χ2v) is 6.67. The maximum atomic E-state index is 12.6. The first-order valence-electron chi connectivity index (χ1n) is 8.07. The van der Waals surface area contributed by atoms with Crippen LogP contribution in [0.25, 0.3) is 22.6 Å². The highest BCUT2D eigenvalue weighted by molar-refractivity contribution is 6.11. The molecular weight excluding hydrogens is 298 g/mol. The molecule has 0 saturated carbocycles. The van der Waals surface area contributed by atoms with Crippen LogP contribution in [-0.4, -0.2) is 16.1 Å². The van der Waals surface area contributed by atoms with Crippen molar-refractivity contribution in [1.29, 1.82) is 0 Å². The Morgan fingerprint density at radius 2 is 1.67 bits per heavy atom. The van der Waals surface area contributed by atoms with Gasteiger partial charge in [0.05, 0.1) is 0 Å². The Balaban J connectivity index is 2.08. The molecule has 2 aromatic carbocycles. The average Bonchev–Trinajstić information content (AvgIpc) is 2.86. The molecule has 0 fully saturated rings. The van der Waals surface area contributed by atoms with Crippen LogP contribution in [0.5, 0.6) is 0 Å². The topological polar surface area (TPSA) is 31.2 Å². The number of aryl methyl sites for hydroxylation is 1. The summed E-state index contributed by atoms with van der Waals surface area (Å²) in [6.07, 6.45) is 2.12. The standard InChI is InChI=1S/C21H19NO2/c1-21(2)16(13-14-9-5-4-6-10-14)18-15-11-7-8-12-17(15)22(3)19(18)20(23)24-21/h4-13H,1-3H3/b16-13-. The first-order valence-corrected chi connectivity index (χ1v) is 8.07. The summed E-state index contributed by atoms with van der Waals surface area (Å²) in [6, 6.07) is 18.2. The lowest BCUT2D eigenvalue weighted by molar-refractivity contribution is 0.0169. The number of benzene rings is 2. The van der Waals surface area contributed by atoms with Gasteiger partial charge in [-0.2, -0.15) is 0 Å². The van der Waals surface area contributed by atoms with Gasteiger partial charge in [-0.05, 0) is 31.6 Å². The predicted octanol–water partition coefficient (Wildman–Crippen LogP) is 4.67. The van der Waals surface area contributed by atoms with E-state index in [-0.39, 0.29) is 5.97 Å². The van der Waals surface area contributed by atoms with E-state index in [2.05, 4.69) is 24.3 Å². The number of ether oxygens (including phenoxy) is 1. The molecule has 3 heteroatoms. The molecule has 1 aliphatic rings. The van der Waals surface area contributed by atoms with Gasteiger partial charge in [-0.15, -0.1) is 0 Å². The summed E-state index contributed by atoms with van der Waals surface area (Å²) >= 11 is 0. The lowest BCUT2D eigenvalue weighted by atomic mass is 9.85. The van der Waals surface area contributed by atoms with Crippen LogP contribution in [0.15, 0.2) is 54.6 Å². The Morgan fingerprint density at radius 1 is 1.00 bits per heavy atom. The number of cyclic esters (lactones) is 1. The zero-order valence-electron chi connectivity index (χ0n) is 14.0. The quantitative estimate of drug-likeness (QED) is 0.611. The molecule has 3 nitrogen and oxygen atoms in total. The molecule has 0 spiro atoms. The number of aromatic nitrogens is 1. The number of hydrogen-bond acceptors (Lipinski definition) is 2. The van der Waals surface area contributed by atoms with Crippen molar-refractivity contribution in [3.8, 4) is 0 Å². The van der Waals surface area contributed by atoms with E-state index in [1.807, 2.05) is 61.9 Å². The minimum atomic E-state index is -0.677. The van der Waals surface area contributed by atoms with Crippen molar-refractivity contribution >= 4 is 28.5 Å². The maximum Gasteiger partial charge on any atom is 0.356 e. The van der Waals surface area contributed by atoms with Crippen molar-refractivity contribution in [2.45, 2.75) is 19.4 Å². The third-order valence-corrected chi connectivity index (χ3v) is 4.68. The minimum absolute atomic E-state index is 0.265. The molecule has 0 amide bonds. The number of carbonyl (C=O) groups excluding carboxylic acids is 1. The molecule has 0 N–H and O–H groups in total. The fourth-order valence-electron chi connectivity index (χ4n) is 3.50. The normalized spacial score (nSPS) is 17.8. The summed E-state index contributed by atoms with van der Waals surface area (Å²) in [7, 11) is 1.92. The molecule has 1 aromatic heterocycles. The summed E-state index contributed by atoms with van der Waals surface area (Å²) in [4.78, 5) is 12.6. The lowest BCUT2D eigenvalue weighted by Gasteiger charge is -2.33. The number of fused-ring (bicyclic) bond motifs is 3. The zero-order valence-corrected chi connectivity index (χ0v) is 14.0. The second-order valence-electron chi connectivity index (χ2n) is 6.67. The highest BCUT2D eigenvalue weighted by Crippen LogP contribution is 2.43. The van der Waals surface area contributed by atoms with Crippen LogP contribution in [0, 0.1) is 0 Å². The number of carbonyl (C=O) groups is 1. The third kappa shape index (κ3) is 2.08. The summed E-state index contributed by atoms with van der Waals surface area (Å²) in [6.45, 7) is 3.90. The van der Waals surface area contributed by atoms with E-state index in [0.717, 1.165) is 27.6 Å². The monoisotopic (exact) mass is 317 g/mol. The summed E-state index contributed by atoms with van der Waals surface area (Å²) in [5.74, 6) is -0.265. The van der Waals surface area contributed by atoms with Gasteiger partial charge < -0.3 is 9.30 Å². The van der Waals surface area contributed by atoms with Gasteiger partial charge in [-0.3, -0.25) is 0 Å². The Kier molecular flexibility index (Phi) is 3.14. The molecule has 1 aliphatic heterocycles. The van der Waals surface area contributed by atoms with Crippen LogP contribution in [-0.2, 0) is 11.8 Å². The average molecular weight is 317 g/mol. The van der Waals surface area contributed by atoms with Crippen LogP contribution in [0.1, 0.15) is 35.5 Å². The van der Waals surface area contributed by atoms with E-state index in [1.165, 1.54) is 0 Å². The van der Waals surface area contributed by atoms with Crippen molar-refractivity contribution in [2.75, 3.05) is 0 Å². The SMILES string of the molecule is Cn1c2c(c3ccccc31)/C(=C/c1ccccc1)C(C)(C)OC2=O. The Bertz CT molecular complexity index is 978. The zero-order chi connectivity index (χ0) is 16.9. The van der Waals surface area contributed by atoms with Gasteiger partial charge in [0.2, 0.25) is 0 Å². The highest BCUT2D eigenvalue weighted by Gasteiger charge is 2.40. The second kappa shape index (κ2) is 5.10. The smallest absolute Gasteiger partial charge is 0.356 e. The fourth-order valence-corrected chi connectivity index (χ4v) is 3.50. The maximum absolute atomic E-state index is 12.6. The number of rotatable bonds is 1. The van der Waals surface area contributed by atoms with E-state index < -0.39 is 5.60 Å². The Labute approximate surface area is 141 Å². The Hall–Kier alpha value is -2.81. The molecule has 24 heavy (non-hydrogen) atoms. The van der Waals surface area contributed by atoms with Gasteiger partial charge >= 0.3 is 5.97 Å². The largest absolute Gasteiger partial charge is 0.450 e. The molecule has 120 valence electrons. The molecule has 0 bridgehead atoms. The van der Waals surface area contributed by atoms with Gasteiger partial charge in [-0.1, -0.05) is 48.5 Å². The molecule has 0 saturated heterocycles. The van der Waals surface area contributed by atoms with E-state index >= 15 is 0 Å². The number of hydrogen-bond donors (Lipinski definition) is 0. The van der Waals surface area contributed by atoms with E-state index in [1.54, 1.807) is 0 Å². The van der Waals surface area contributed by atoms with Crippen LogP contribution < -0.4 is 0 Å².